The van der Waals surface area contributed by atoms with Gasteiger partial charge in [0, 0.05) is 35.9 Å². The molecule has 0 fully saturated rings. The van der Waals surface area contributed by atoms with Crippen LogP contribution < -0.4 is 16.0 Å². The molecule has 0 unspecified atom stereocenters. The molecule has 1 rings (SSSR count). The Labute approximate surface area is 289 Å². The van der Waals surface area contributed by atoms with E-state index < -0.39 is 41.9 Å². The summed E-state index contributed by atoms with van der Waals surface area (Å²) in [6, 6.07) is 1.42. The monoisotopic (exact) mass is 686 g/mol. The highest BCUT2D eigenvalue weighted by molar-refractivity contribution is 8.77. The van der Waals surface area contributed by atoms with E-state index in [0.29, 0.717) is 24.3 Å². The number of allylic oxidation sites excluding steroid dienone is 10. The maximum atomic E-state index is 13.1. The highest BCUT2D eigenvalue weighted by Crippen LogP contribution is 2.38. The summed E-state index contributed by atoms with van der Waals surface area (Å²) in [7, 11) is 2.90. The summed E-state index contributed by atoms with van der Waals surface area (Å²) >= 11 is 0. The molecule has 0 aliphatic heterocycles. The molecule has 3 amide bonds. The molecule has 0 saturated heterocycles. The summed E-state index contributed by atoms with van der Waals surface area (Å²) in [5.74, 6) is -0.370. The third kappa shape index (κ3) is 20.7. The van der Waals surface area contributed by atoms with E-state index in [2.05, 4.69) is 88.6 Å². The lowest BCUT2D eigenvalue weighted by molar-refractivity contribution is -0.125. The van der Waals surface area contributed by atoms with Gasteiger partial charge in [0.25, 0.3) is 5.91 Å². The number of carbonyl (C=O) groups excluding carboxylic acids is 3. The lowest BCUT2D eigenvalue weighted by Crippen LogP contribution is -2.58. The van der Waals surface area contributed by atoms with Crippen molar-refractivity contribution in [1.82, 2.24) is 20.9 Å². The molecule has 0 radical (unpaired) electrons. The highest BCUT2D eigenvalue weighted by Gasteiger charge is 2.38. The summed E-state index contributed by atoms with van der Waals surface area (Å²) in [6.45, 7) is 5.41. The fourth-order valence-electron chi connectivity index (χ4n) is 4.01. The van der Waals surface area contributed by atoms with E-state index in [1.54, 1.807) is 18.3 Å². The van der Waals surface area contributed by atoms with Gasteiger partial charge >= 0.3 is 0 Å². The summed E-state index contributed by atoms with van der Waals surface area (Å²) in [5, 5.41) is 27.1. The van der Waals surface area contributed by atoms with Crippen LogP contribution in [0.5, 0.6) is 0 Å². The SMILES string of the molecule is CC/C=C\C/C=C\C/C=C\C/C=C\C/C=C\CCCC(=O)NCCSSC(C)(C)[C@H](NC(=O)c1cccnc1)C(=O)NC(CO)CO. The van der Waals surface area contributed by atoms with E-state index in [4.69, 9.17) is 0 Å². The van der Waals surface area contributed by atoms with Crippen molar-refractivity contribution in [3.05, 3.63) is 90.9 Å². The molecular weight excluding hydrogens is 633 g/mol. The molecule has 0 saturated carbocycles. The van der Waals surface area contributed by atoms with Crippen LogP contribution >= 0.6 is 21.6 Å². The Morgan fingerprint density at radius 2 is 1.49 bits per heavy atom. The number of nitrogens with zero attached hydrogens (tertiary/aromatic N) is 1. The lowest BCUT2D eigenvalue weighted by atomic mass is 10.0. The van der Waals surface area contributed by atoms with Crippen LogP contribution in [0, 0.1) is 0 Å². The van der Waals surface area contributed by atoms with Crippen molar-refractivity contribution in [2.75, 3.05) is 25.5 Å². The zero-order valence-corrected chi connectivity index (χ0v) is 29.7. The summed E-state index contributed by atoms with van der Waals surface area (Å²) in [5.41, 5.74) is 0.309. The Morgan fingerprint density at radius 1 is 0.894 bits per heavy atom. The number of aliphatic hydroxyl groups is 2. The molecule has 0 bridgehead atoms. The van der Waals surface area contributed by atoms with Crippen LogP contribution in [-0.4, -0.2) is 75.3 Å². The third-order valence-corrected chi connectivity index (χ3v) is 9.95. The number of aromatic nitrogens is 1. The van der Waals surface area contributed by atoms with Gasteiger partial charge < -0.3 is 26.2 Å². The van der Waals surface area contributed by atoms with Crippen LogP contribution in [0.1, 0.15) is 82.5 Å². The zero-order valence-electron chi connectivity index (χ0n) is 28.1. The van der Waals surface area contributed by atoms with Gasteiger partial charge in [-0.15, -0.1) is 0 Å². The summed E-state index contributed by atoms with van der Waals surface area (Å²) < 4.78 is -0.771. The van der Waals surface area contributed by atoms with Gasteiger partial charge in [0.05, 0.1) is 24.8 Å². The Morgan fingerprint density at radius 3 is 2.04 bits per heavy atom. The minimum Gasteiger partial charge on any atom is -0.394 e. The van der Waals surface area contributed by atoms with E-state index >= 15 is 0 Å². The quantitative estimate of drug-likeness (QED) is 0.0491. The average molecular weight is 687 g/mol. The minimum absolute atomic E-state index is 0.00208. The van der Waals surface area contributed by atoms with Crippen molar-refractivity contribution >= 4 is 39.3 Å². The average Bonchev–Trinajstić information content (AvgIpc) is 3.07. The number of hydrogen-bond donors (Lipinski definition) is 5. The minimum atomic E-state index is -0.973. The lowest BCUT2D eigenvalue weighted by Gasteiger charge is -2.33. The molecule has 1 aromatic rings. The van der Waals surface area contributed by atoms with Crippen LogP contribution in [0.2, 0.25) is 0 Å². The van der Waals surface area contributed by atoms with E-state index in [0.717, 1.165) is 44.9 Å². The molecule has 0 aromatic carbocycles. The smallest absolute Gasteiger partial charge is 0.253 e. The van der Waals surface area contributed by atoms with Gasteiger partial charge in [-0.2, -0.15) is 0 Å². The topological polar surface area (TPSA) is 141 Å². The van der Waals surface area contributed by atoms with Crippen molar-refractivity contribution in [2.24, 2.45) is 0 Å². The first-order valence-electron chi connectivity index (χ1n) is 16.3. The second-order valence-corrected chi connectivity index (χ2v) is 14.2. The van der Waals surface area contributed by atoms with Crippen molar-refractivity contribution in [2.45, 2.75) is 89.0 Å². The van der Waals surface area contributed by atoms with E-state index in [1.165, 1.54) is 27.8 Å². The fourth-order valence-corrected chi connectivity index (χ4v) is 6.55. The first kappa shape index (κ1) is 41.9. The van der Waals surface area contributed by atoms with Gasteiger partial charge in [0.1, 0.15) is 6.04 Å². The van der Waals surface area contributed by atoms with Gasteiger partial charge in [-0.25, -0.2) is 0 Å². The second-order valence-electron chi connectivity index (χ2n) is 11.2. The van der Waals surface area contributed by atoms with Gasteiger partial charge in [0.2, 0.25) is 11.8 Å². The Balaban J connectivity index is 2.32. The number of rotatable bonds is 25. The van der Waals surface area contributed by atoms with Crippen LogP contribution in [0.25, 0.3) is 0 Å². The predicted octanol–water partition coefficient (Wildman–Crippen LogP) is 5.85. The summed E-state index contributed by atoms with van der Waals surface area (Å²) in [6.07, 6.45) is 31.6. The zero-order chi connectivity index (χ0) is 34.6. The molecule has 0 aliphatic rings. The van der Waals surface area contributed by atoms with Crippen LogP contribution in [0.15, 0.2) is 85.3 Å². The van der Waals surface area contributed by atoms with Crippen molar-refractivity contribution in [3.8, 4) is 0 Å². The second kappa shape index (κ2) is 26.9. The van der Waals surface area contributed by atoms with Crippen LogP contribution in [0.3, 0.4) is 0 Å². The number of aliphatic hydroxyl groups excluding tert-OH is 2. The largest absolute Gasteiger partial charge is 0.394 e. The van der Waals surface area contributed by atoms with Crippen LogP contribution in [-0.2, 0) is 9.59 Å². The fraction of sp³-hybridized carbons (Fsp3) is 0.500. The molecule has 1 aromatic heterocycles. The number of nitrogens with one attached hydrogen (secondary N) is 3. The van der Waals surface area contributed by atoms with Gasteiger partial charge in [-0.1, -0.05) is 89.3 Å². The maximum absolute atomic E-state index is 13.1. The first-order valence-corrected chi connectivity index (χ1v) is 18.6. The number of hydrogen-bond acceptors (Lipinski definition) is 8. The third-order valence-electron chi connectivity index (χ3n) is 6.66. The van der Waals surface area contributed by atoms with Gasteiger partial charge in [-0.05, 0) is 70.9 Å². The molecule has 0 aliphatic carbocycles. The molecule has 9 nitrogen and oxygen atoms in total. The van der Waals surface area contributed by atoms with Crippen molar-refractivity contribution < 1.29 is 24.6 Å². The highest BCUT2D eigenvalue weighted by atomic mass is 33.1. The molecule has 1 atom stereocenters. The Bertz CT molecular complexity index is 1170. The number of amides is 3. The first-order chi connectivity index (χ1) is 22.7. The number of carbonyl (C=O) groups is 3. The van der Waals surface area contributed by atoms with E-state index in [9.17, 15) is 24.6 Å². The van der Waals surface area contributed by atoms with E-state index in [-0.39, 0.29) is 5.91 Å². The van der Waals surface area contributed by atoms with Gasteiger partial charge in [-0.3, -0.25) is 19.4 Å². The maximum Gasteiger partial charge on any atom is 0.253 e. The van der Waals surface area contributed by atoms with E-state index in [1.807, 2.05) is 13.8 Å². The molecule has 1 heterocycles. The summed E-state index contributed by atoms with van der Waals surface area (Å²) in [4.78, 5) is 42.2. The number of pyridine rings is 1. The molecule has 0 spiro atoms. The van der Waals surface area contributed by atoms with Crippen molar-refractivity contribution in [3.63, 3.8) is 0 Å². The Kier molecular flexibility index (Phi) is 24.0. The standard InChI is InChI=1S/C36H54N4O5S2/c1-4-5-6-7-8-9-10-11-12-13-14-15-16-17-18-19-20-23-32(43)38-25-26-46-47-36(2,3)33(35(45)39-31(28-41)29-42)40-34(44)30-22-21-24-37-27-30/h5-6,8-9,11-12,14-15,17-18,21-22,24,27,31,33,41-42H,4,7,10,13,16,19-20,23,25-26,28-29H2,1-3H3,(H,38,43)(H,39,45)(H,40,44)/b6-5-,9-8-,12-11-,15-14-,18-17-/t33-/m1/s1. The predicted molar refractivity (Wildman–Crippen MR) is 197 cm³/mol. The molecule has 5 N–H and O–H groups in total. The molecule has 11 heteroatoms. The number of unbranched alkanes of at least 4 members (excludes halogenated alkanes) is 1. The van der Waals surface area contributed by atoms with Crippen LogP contribution in [0.4, 0.5) is 0 Å². The normalized spacial score (nSPS) is 13.1. The molecule has 47 heavy (non-hydrogen) atoms. The molecular formula is C36H54N4O5S2. The Hall–Kier alpha value is -3.12. The van der Waals surface area contributed by atoms with Gasteiger partial charge in [0.15, 0.2) is 0 Å². The molecule has 260 valence electrons. The van der Waals surface area contributed by atoms with Crippen molar-refractivity contribution in [1.29, 1.82) is 0 Å².